The van der Waals surface area contributed by atoms with E-state index in [9.17, 15) is 9.59 Å². The van der Waals surface area contributed by atoms with Crippen molar-refractivity contribution in [2.24, 2.45) is 5.92 Å². The molecule has 0 bridgehead atoms. The van der Waals surface area contributed by atoms with Crippen LogP contribution < -0.4 is 0 Å². The fourth-order valence-electron chi connectivity index (χ4n) is 1.85. The molecule has 0 aliphatic rings. The average Bonchev–Trinajstić information content (AvgIpc) is 2.44. The Morgan fingerprint density at radius 2 is 1.81 bits per heavy atom. The molecule has 0 aliphatic heterocycles. The molecule has 0 saturated heterocycles. The zero-order valence-corrected chi connectivity index (χ0v) is 12.6. The fourth-order valence-corrected chi connectivity index (χ4v) is 1.85. The van der Waals surface area contributed by atoms with Crippen LogP contribution in [0, 0.1) is 11.3 Å². The topological polar surface area (TPSA) is 76.5 Å². The molecule has 114 valence electrons. The number of ketones is 1. The van der Waals surface area contributed by atoms with Crippen LogP contribution in [0.15, 0.2) is 30.3 Å². The maximum absolute atomic E-state index is 12.4. The van der Waals surface area contributed by atoms with Gasteiger partial charge in [0.25, 0.3) is 0 Å². The largest absolute Gasteiger partial charge is 0.478 e. The van der Waals surface area contributed by atoms with E-state index in [4.69, 9.17) is 14.9 Å². The van der Waals surface area contributed by atoms with E-state index in [0.29, 0.717) is 5.56 Å². The second-order valence-corrected chi connectivity index (χ2v) is 4.83. The highest BCUT2D eigenvalue weighted by Gasteiger charge is 2.30. The van der Waals surface area contributed by atoms with Crippen LogP contribution in [0.5, 0.6) is 0 Å². The normalized spacial score (nSPS) is 11.8. The minimum absolute atomic E-state index is 0.0904. The Balaban J connectivity index is 2.89. The summed E-state index contributed by atoms with van der Waals surface area (Å²) in [7, 11) is 0. The highest BCUT2D eigenvalue weighted by atomic mass is 16.5. The molecule has 1 rings (SSSR count). The van der Waals surface area contributed by atoms with Crippen LogP contribution in [0.1, 0.15) is 37.6 Å². The molecule has 21 heavy (non-hydrogen) atoms. The van der Waals surface area contributed by atoms with Gasteiger partial charge in [0, 0.05) is 12.0 Å². The Kier molecular flexibility index (Phi) is 6.59. The molecule has 0 aliphatic carbocycles. The second-order valence-electron chi connectivity index (χ2n) is 4.83. The third-order valence-corrected chi connectivity index (χ3v) is 2.71. The number of esters is 1. The standard InChI is InChI=1S/C16H21NO4/c1-4-20-16(19)13(10-14(17)21-11(2)3)15(18)12-8-6-5-7-9-12/h5-9,11,13,17H,4,10H2,1-3H3. The lowest BCUT2D eigenvalue weighted by atomic mass is 9.94. The zero-order chi connectivity index (χ0) is 15.8. The van der Waals surface area contributed by atoms with E-state index in [1.54, 1.807) is 51.1 Å². The molecule has 1 atom stereocenters. The lowest BCUT2D eigenvalue weighted by Gasteiger charge is -2.17. The molecule has 5 nitrogen and oxygen atoms in total. The van der Waals surface area contributed by atoms with Gasteiger partial charge in [-0.25, -0.2) is 0 Å². The Morgan fingerprint density at radius 3 is 2.33 bits per heavy atom. The molecule has 0 radical (unpaired) electrons. The van der Waals surface area contributed by atoms with Gasteiger partial charge in [-0.1, -0.05) is 30.3 Å². The van der Waals surface area contributed by atoms with Crippen molar-refractivity contribution in [3.05, 3.63) is 35.9 Å². The van der Waals surface area contributed by atoms with E-state index in [1.807, 2.05) is 0 Å². The molecular formula is C16H21NO4. The molecule has 1 N–H and O–H groups in total. The van der Waals surface area contributed by atoms with Crippen LogP contribution in [0.4, 0.5) is 0 Å². The van der Waals surface area contributed by atoms with Gasteiger partial charge in [-0.15, -0.1) is 0 Å². The summed E-state index contributed by atoms with van der Waals surface area (Å²) < 4.78 is 10.2. The van der Waals surface area contributed by atoms with Crippen molar-refractivity contribution in [2.75, 3.05) is 6.61 Å². The maximum atomic E-state index is 12.4. The van der Waals surface area contributed by atoms with Crippen molar-refractivity contribution < 1.29 is 19.1 Å². The molecule has 0 aromatic heterocycles. The van der Waals surface area contributed by atoms with E-state index < -0.39 is 11.9 Å². The Hall–Kier alpha value is -2.17. The van der Waals surface area contributed by atoms with Crippen LogP contribution in [-0.4, -0.2) is 30.4 Å². The highest BCUT2D eigenvalue weighted by molar-refractivity contribution is 6.10. The molecule has 1 aromatic rings. The van der Waals surface area contributed by atoms with Gasteiger partial charge in [-0.3, -0.25) is 15.0 Å². The number of hydrogen-bond donors (Lipinski definition) is 1. The van der Waals surface area contributed by atoms with Gasteiger partial charge in [0.05, 0.1) is 12.7 Å². The number of rotatable bonds is 7. The SMILES string of the molecule is CCOC(=O)C(CC(=N)OC(C)C)C(=O)c1ccccc1. The molecule has 0 fully saturated rings. The Morgan fingerprint density at radius 1 is 1.19 bits per heavy atom. The summed E-state index contributed by atoms with van der Waals surface area (Å²) >= 11 is 0. The summed E-state index contributed by atoms with van der Waals surface area (Å²) in [6.45, 7) is 5.44. The first-order chi connectivity index (χ1) is 9.95. The number of carbonyl (C=O) groups excluding carboxylic acids is 2. The summed E-state index contributed by atoms with van der Waals surface area (Å²) in [6.07, 6.45) is -0.266. The fraction of sp³-hybridized carbons (Fsp3) is 0.438. The summed E-state index contributed by atoms with van der Waals surface area (Å²) in [5.41, 5.74) is 0.424. The summed E-state index contributed by atoms with van der Waals surface area (Å²) in [5, 5.41) is 7.75. The lowest BCUT2D eigenvalue weighted by Crippen LogP contribution is -2.30. The lowest BCUT2D eigenvalue weighted by molar-refractivity contribution is -0.146. The number of benzene rings is 1. The molecule has 0 saturated carbocycles. The van der Waals surface area contributed by atoms with Crippen LogP contribution in [0.25, 0.3) is 0 Å². The second kappa shape index (κ2) is 8.19. The smallest absolute Gasteiger partial charge is 0.317 e. The third kappa shape index (κ3) is 5.38. The van der Waals surface area contributed by atoms with Gasteiger partial charge in [0.15, 0.2) is 11.7 Å². The maximum Gasteiger partial charge on any atom is 0.317 e. The van der Waals surface area contributed by atoms with Crippen molar-refractivity contribution in [3.8, 4) is 0 Å². The van der Waals surface area contributed by atoms with E-state index in [2.05, 4.69) is 0 Å². The first kappa shape index (κ1) is 16.9. The average molecular weight is 291 g/mol. The quantitative estimate of drug-likeness (QED) is 0.275. The van der Waals surface area contributed by atoms with Crippen molar-refractivity contribution in [1.29, 1.82) is 5.41 Å². The van der Waals surface area contributed by atoms with Crippen molar-refractivity contribution in [1.82, 2.24) is 0 Å². The number of carbonyl (C=O) groups is 2. The Bertz CT molecular complexity index is 496. The van der Waals surface area contributed by atoms with Gasteiger partial charge >= 0.3 is 5.97 Å². The van der Waals surface area contributed by atoms with E-state index in [-0.39, 0.29) is 30.8 Å². The molecule has 0 amide bonds. The molecule has 1 aromatic carbocycles. The molecule has 0 spiro atoms. The Labute approximate surface area is 124 Å². The molecule has 0 heterocycles. The van der Waals surface area contributed by atoms with Crippen molar-refractivity contribution in [2.45, 2.75) is 33.3 Å². The van der Waals surface area contributed by atoms with E-state index in [0.717, 1.165) is 0 Å². The van der Waals surface area contributed by atoms with Crippen LogP contribution in [0.3, 0.4) is 0 Å². The van der Waals surface area contributed by atoms with Crippen LogP contribution in [0.2, 0.25) is 0 Å². The minimum atomic E-state index is -1.04. The summed E-state index contributed by atoms with van der Waals surface area (Å²) in [5.74, 6) is -2.11. The molecule has 1 unspecified atom stereocenters. The molecule has 5 heteroatoms. The highest BCUT2D eigenvalue weighted by Crippen LogP contribution is 2.16. The number of ether oxygens (including phenoxy) is 2. The van der Waals surface area contributed by atoms with Gasteiger partial charge in [-0.2, -0.15) is 0 Å². The first-order valence-electron chi connectivity index (χ1n) is 6.95. The number of nitrogens with one attached hydrogen (secondary N) is 1. The van der Waals surface area contributed by atoms with Gasteiger partial charge in [-0.05, 0) is 20.8 Å². The van der Waals surface area contributed by atoms with E-state index >= 15 is 0 Å². The van der Waals surface area contributed by atoms with Gasteiger partial charge in [0.2, 0.25) is 0 Å². The van der Waals surface area contributed by atoms with Crippen LogP contribution >= 0.6 is 0 Å². The third-order valence-electron chi connectivity index (χ3n) is 2.71. The monoisotopic (exact) mass is 291 g/mol. The zero-order valence-electron chi connectivity index (χ0n) is 12.6. The first-order valence-corrected chi connectivity index (χ1v) is 6.95. The van der Waals surface area contributed by atoms with Gasteiger partial charge in [0.1, 0.15) is 5.92 Å². The summed E-state index contributed by atoms with van der Waals surface area (Å²) in [4.78, 5) is 24.4. The van der Waals surface area contributed by atoms with Gasteiger partial charge < -0.3 is 9.47 Å². The predicted molar refractivity (Wildman–Crippen MR) is 79.5 cm³/mol. The predicted octanol–water partition coefficient (Wildman–Crippen LogP) is 2.84. The van der Waals surface area contributed by atoms with E-state index in [1.165, 1.54) is 0 Å². The van der Waals surface area contributed by atoms with Crippen LogP contribution in [-0.2, 0) is 14.3 Å². The number of hydrogen-bond acceptors (Lipinski definition) is 5. The minimum Gasteiger partial charge on any atom is -0.478 e. The summed E-state index contributed by atoms with van der Waals surface area (Å²) in [6, 6.07) is 8.53. The molecular weight excluding hydrogens is 270 g/mol. The van der Waals surface area contributed by atoms with Crippen molar-refractivity contribution >= 4 is 17.7 Å². The van der Waals surface area contributed by atoms with Crippen molar-refractivity contribution in [3.63, 3.8) is 0 Å². The number of Topliss-reactive ketones (excluding diaryl/α,β-unsaturated/α-hetero) is 1.